The maximum Gasteiger partial charge on any atom is 0.303 e. The van der Waals surface area contributed by atoms with Crippen LogP contribution in [0.3, 0.4) is 0 Å². The molecule has 9 heteroatoms. The fourth-order valence-electron chi connectivity index (χ4n) is 2.18. The number of carbonyl (C=O) groups excluding carboxylic acids is 3. The number of rotatable bonds is 6. The molecule has 23 heavy (non-hydrogen) atoms. The second kappa shape index (κ2) is 9.09. The van der Waals surface area contributed by atoms with Gasteiger partial charge in [-0.05, 0) is 5.75 Å². The van der Waals surface area contributed by atoms with Crippen LogP contribution < -0.4 is 0 Å². The zero-order valence-corrected chi connectivity index (χ0v) is 14.3. The minimum atomic E-state index is -1.29. The number of hydrogen-bond donors (Lipinski definition) is 1. The second-order valence-corrected chi connectivity index (χ2v) is 6.31. The highest BCUT2D eigenvalue weighted by Gasteiger charge is 2.49. The van der Waals surface area contributed by atoms with E-state index >= 15 is 0 Å². The molecule has 2 unspecified atom stereocenters. The Labute approximate surface area is 138 Å². The highest BCUT2D eigenvalue weighted by Crippen LogP contribution is 2.32. The second-order valence-electron chi connectivity index (χ2n) is 4.94. The molecule has 0 aromatic heterocycles. The summed E-state index contributed by atoms with van der Waals surface area (Å²) in [6.45, 7) is 5.33. The van der Waals surface area contributed by atoms with Crippen LogP contribution in [0.15, 0.2) is 0 Å². The molecule has 132 valence electrons. The summed E-state index contributed by atoms with van der Waals surface area (Å²) in [6.07, 6.45) is -4.24. The van der Waals surface area contributed by atoms with Crippen molar-refractivity contribution < 1.29 is 38.4 Å². The predicted octanol–water partition coefficient (Wildman–Crippen LogP) is 0.252. The number of aliphatic hydroxyl groups excluding tert-OH is 1. The SMILES string of the molecule is CCS[C@H]1OC(COC(C)=O)[C@@H](OC(C)=O)[C@@H](O)C1OC(C)=O. The van der Waals surface area contributed by atoms with E-state index in [9.17, 15) is 19.5 Å². The third-order valence-corrected chi connectivity index (χ3v) is 4.04. The van der Waals surface area contributed by atoms with Crippen molar-refractivity contribution >= 4 is 29.7 Å². The standard InChI is InChI=1S/C14H22O8S/c1-5-23-14-13(21-9(4)17)11(18)12(20-8(3)16)10(22-14)6-19-7(2)15/h10-14,18H,5-6H2,1-4H3/t10?,11-,12-,13?,14-/m1/s1. The van der Waals surface area contributed by atoms with E-state index in [2.05, 4.69) is 0 Å². The molecule has 0 aromatic carbocycles. The molecule has 0 spiro atoms. The van der Waals surface area contributed by atoms with Gasteiger partial charge in [0, 0.05) is 20.8 Å². The lowest BCUT2D eigenvalue weighted by atomic mass is 9.99. The highest BCUT2D eigenvalue weighted by atomic mass is 32.2. The fraction of sp³-hybridized carbons (Fsp3) is 0.786. The molecule has 1 heterocycles. The summed E-state index contributed by atoms with van der Waals surface area (Å²) in [6, 6.07) is 0. The third-order valence-electron chi connectivity index (χ3n) is 3.00. The number of ether oxygens (including phenoxy) is 4. The van der Waals surface area contributed by atoms with Crippen molar-refractivity contribution in [2.45, 2.75) is 57.5 Å². The lowest BCUT2D eigenvalue weighted by molar-refractivity contribution is -0.229. The van der Waals surface area contributed by atoms with Gasteiger partial charge in [0.2, 0.25) is 0 Å². The molecule has 0 bridgehead atoms. The van der Waals surface area contributed by atoms with Gasteiger partial charge in [-0.1, -0.05) is 6.92 Å². The largest absolute Gasteiger partial charge is 0.463 e. The zero-order valence-electron chi connectivity index (χ0n) is 13.5. The van der Waals surface area contributed by atoms with Gasteiger partial charge >= 0.3 is 17.9 Å². The molecule has 1 N–H and O–H groups in total. The van der Waals surface area contributed by atoms with Crippen molar-refractivity contribution in [3.8, 4) is 0 Å². The fourth-order valence-corrected chi connectivity index (χ4v) is 3.14. The van der Waals surface area contributed by atoms with Gasteiger partial charge in [0.1, 0.15) is 24.3 Å². The van der Waals surface area contributed by atoms with E-state index < -0.39 is 47.8 Å². The van der Waals surface area contributed by atoms with Crippen molar-refractivity contribution in [3.05, 3.63) is 0 Å². The first-order valence-corrected chi connectivity index (χ1v) is 8.24. The van der Waals surface area contributed by atoms with Crippen molar-refractivity contribution in [2.75, 3.05) is 12.4 Å². The van der Waals surface area contributed by atoms with Gasteiger partial charge in [0.25, 0.3) is 0 Å². The van der Waals surface area contributed by atoms with Crippen molar-refractivity contribution in [3.63, 3.8) is 0 Å². The lowest BCUT2D eigenvalue weighted by Crippen LogP contribution is -2.60. The molecule has 1 saturated heterocycles. The van der Waals surface area contributed by atoms with Gasteiger partial charge in [0.05, 0.1) is 0 Å². The first-order chi connectivity index (χ1) is 10.8. The topological polar surface area (TPSA) is 108 Å². The Kier molecular flexibility index (Phi) is 7.80. The van der Waals surface area contributed by atoms with E-state index in [1.54, 1.807) is 0 Å². The van der Waals surface area contributed by atoms with Crippen LogP contribution in [0.2, 0.25) is 0 Å². The van der Waals surface area contributed by atoms with E-state index in [0.29, 0.717) is 5.75 Å². The molecule has 0 aliphatic carbocycles. The van der Waals surface area contributed by atoms with Gasteiger partial charge in [-0.15, -0.1) is 11.8 Å². The first-order valence-electron chi connectivity index (χ1n) is 7.19. The molecule has 1 aliphatic rings. The van der Waals surface area contributed by atoms with Crippen LogP contribution in [0, 0.1) is 0 Å². The zero-order chi connectivity index (χ0) is 17.6. The molecule has 1 rings (SSSR count). The average Bonchev–Trinajstić information content (AvgIpc) is 2.43. The highest BCUT2D eigenvalue weighted by molar-refractivity contribution is 7.99. The molecule has 1 aliphatic heterocycles. The van der Waals surface area contributed by atoms with Crippen LogP contribution in [-0.4, -0.2) is 65.2 Å². The maximum atomic E-state index is 11.3. The minimum absolute atomic E-state index is 0.183. The Bertz CT molecular complexity index is 438. The molecular formula is C14H22O8S. The third kappa shape index (κ3) is 6.00. The van der Waals surface area contributed by atoms with Crippen LogP contribution in [0.25, 0.3) is 0 Å². The Balaban J connectivity index is 2.97. The maximum absolute atomic E-state index is 11.3. The quantitative estimate of drug-likeness (QED) is 0.532. The molecule has 0 radical (unpaired) electrons. The van der Waals surface area contributed by atoms with Crippen LogP contribution in [0.4, 0.5) is 0 Å². The summed E-state index contributed by atoms with van der Waals surface area (Å²) in [5, 5.41) is 10.5. The summed E-state index contributed by atoms with van der Waals surface area (Å²) in [5.41, 5.74) is -0.661. The first kappa shape index (κ1) is 19.7. The van der Waals surface area contributed by atoms with Gasteiger partial charge in [-0.2, -0.15) is 0 Å². The average molecular weight is 350 g/mol. The molecular weight excluding hydrogens is 328 g/mol. The number of esters is 3. The lowest BCUT2D eigenvalue weighted by Gasteiger charge is -2.42. The number of aliphatic hydroxyl groups is 1. The van der Waals surface area contributed by atoms with Crippen LogP contribution in [0.1, 0.15) is 27.7 Å². The van der Waals surface area contributed by atoms with E-state index in [4.69, 9.17) is 18.9 Å². The van der Waals surface area contributed by atoms with E-state index in [1.165, 1.54) is 32.5 Å². The normalized spacial score (nSPS) is 30.4. The number of thioether (sulfide) groups is 1. The van der Waals surface area contributed by atoms with Gasteiger partial charge in [0.15, 0.2) is 12.2 Å². The molecule has 0 aromatic rings. The summed E-state index contributed by atoms with van der Waals surface area (Å²) >= 11 is 1.32. The number of hydrogen-bond acceptors (Lipinski definition) is 9. The summed E-state index contributed by atoms with van der Waals surface area (Å²) < 4.78 is 20.8. The Morgan fingerprint density at radius 1 is 1.04 bits per heavy atom. The molecule has 0 amide bonds. The van der Waals surface area contributed by atoms with Crippen LogP contribution in [0.5, 0.6) is 0 Å². The van der Waals surface area contributed by atoms with E-state index in [1.807, 2.05) is 6.92 Å². The Morgan fingerprint density at radius 2 is 1.61 bits per heavy atom. The van der Waals surface area contributed by atoms with Crippen LogP contribution in [-0.2, 0) is 33.3 Å². The Hall–Kier alpha value is -1.32. The summed E-state index contributed by atoms with van der Waals surface area (Å²) in [4.78, 5) is 33.5. The van der Waals surface area contributed by atoms with Crippen molar-refractivity contribution in [1.82, 2.24) is 0 Å². The smallest absolute Gasteiger partial charge is 0.303 e. The predicted molar refractivity (Wildman–Crippen MR) is 80.5 cm³/mol. The molecule has 5 atom stereocenters. The monoisotopic (exact) mass is 350 g/mol. The molecule has 0 saturated carbocycles. The van der Waals surface area contributed by atoms with E-state index in [-0.39, 0.29) is 6.61 Å². The van der Waals surface area contributed by atoms with Gasteiger partial charge < -0.3 is 24.1 Å². The number of carbonyl (C=O) groups is 3. The molecule has 1 fully saturated rings. The summed E-state index contributed by atoms with van der Waals surface area (Å²) in [7, 11) is 0. The van der Waals surface area contributed by atoms with Crippen LogP contribution >= 0.6 is 11.8 Å². The Morgan fingerprint density at radius 3 is 2.09 bits per heavy atom. The summed E-state index contributed by atoms with van der Waals surface area (Å²) in [5.74, 6) is -1.09. The van der Waals surface area contributed by atoms with Gasteiger partial charge in [-0.3, -0.25) is 14.4 Å². The minimum Gasteiger partial charge on any atom is -0.463 e. The van der Waals surface area contributed by atoms with Crippen molar-refractivity contribution in [2.24, 2.45) is 0 Å². The van der Waals surface area contributed by atoms with Gasteiger partial charge in [-0.25, -0.2) is 0 Å². The van der Waals surface area contributed by atoms with E-state index in [0.717, 1.165) is 0 Å². The molecule has 8 nitrogen and oxygen atoms in total. The van der Waals surface area contributed by atoms with Crippen molar-refractivity contribution in [1.29, 1.82) is 0 Å².